The maximum atomic E-state index is 13.2. The fourth-order valence-corrected chi connectivity index (χ4v) is 2.23. The van der Waals surface area contributed by atoms with Gasteiger partial charge in [-0.25, -0.2) is 4.39 Å². The summed E-state index contributed by atoms with van der Waals surface area (Å²) in [5.41, 5.74) is -0.397. The first-order valence-corrected chi connectivity index (χ1v) is 6.42. The summed E-state index contributed by atoms with van der Waals surface area (Å²) in [6.07, 6.45) is 1.88. The quantitative estimate of drug-likeness (QED) is 0.668. The molecule has 1 atom stereocenters. The molecule has 1 saturated heterocycles. The minimum atomic E-state index is -0.819. The maximum Gasteiger partial charge on any atom is 0.313 e. The van der Waals surface area contributed by atoms with Gasteiger partial charge in [0.25, 0.3) is 0 Å². The summed E-state index contributed by atoms with van der Waals surface area (Å²) in [5, 5.41) is 13.9. The third-order valence-electron chi connectivity index (χ3n) is 3.14. The molecule has 1 aliphatic rings. The Morgan fingerprint density at radius 3 is 3.00 bits per heavy atom. The fraction of sp³-hybridized carbons (Fsp3) is 0.500. The average Bonchev–Trinajstić information content (AvgIpc) is 2.86. The lowest BCUT2D eigenvalue weighted by Gasteiger charge is -2.10. The topological polar surface area (TPSA) is 64.4 Å². The van der Waals surface area contributed by atoms with Crippen molar-refractivity contribution in [2.24, 2.45) is 5.92 Å². The lowest BCUT2D eigenvalue weighted by Crippen LogP contribution is -2.12. The Hall–Kier alpha value is -1.40. The summed E-state index contributed by atoms with van der Waals surface area (Å²) in [6.45, 7) is 2.29. The van der Waals surface area contributed by atoms with Gasteiger partial charge < -0.3 is 10.1 Å². The van der Waals surface area contributed by atoms with Gasteiger partial charge in [-0.2, -0.15) is 0 Å². The number of hydrogen-bond donors (Lipinski definition) is 1. The minimum Gasteiger partial charge on any atom is -0.487 e. The third kappa shape index (κ3) is 3.54. The summed E-state index contributed by atoms with van der Waals surface area (Å²) < 4.78 is 18.6. The van der Waals surface area contributed by atoms with E-state index >= 15 is 0 Å². The smallest absolute Gasteiger partial charge is 0.313 e. The molecule has 0 saturated carbocycles. The zero-order chi connectivity index (χ0) is 13.8. The van der Waals surface area contributed by atoms with Crippen LogP contribution in [0.25, 0.3) is 0 Å². The van der Waals surface area contributed by atoms with Crippen LogP contribution in [0.5, 0.6) is 5.75 Å². The summed E-state index contributed by atoms with van der Waals surface area (Å²) in [5.74, 6) is -0.280. The number of rotatable bonds is 5. The molecule has 1 aliphatic heterocycles. The minimum absolute atomic E-state index is 0.0161. The maximum absolute atomic E-state index is 13.2. The van der Waals surface area contributed by atoms with E-state index in [1.165, 1.54) is 0 Å². The zero-order valence-corrected chi connectivity index (χ0v) is 11.0. The largest absolute Gasteiger partial charge is 0.487 e. The number of nitro benzene ring substituents is 1. The number of benzene rings is 1. The summed E-state index contributed by atoms with van der Waals surface area (Å²) in [4.78, 5) is 10.1. The predicted octanol–water partition coefficient (Wildman–Crippen LogP) is 2.77. The Kier molecular flexibility index (Phi) is 4.55. The van der Waals surface area contributed by atoms with Gasteiger partial charge in [-0.1, -0.05) is 11.6 Å². The van der Waals surface area contributed by atoms with Gasteiger partial charge in [-0.3, -0.25) is 10.1 Å². The Labute approximate surface area is 114 Å². The highest BCUT2D eigenvalue weighted by molar-refractivity contribution is 6.31. The van der Waals surface area contributed by atoms with Gasteiger partial charge in [-0.15, -0.1) is 0 Å². The van der Waals surface area contributed by atoms with Gasteiger partial charge in [0, 0.05) is 6.07 Å². The lowest BCUT2D eigenvalue weighted by atomic mass is 10.1. The third-order valence-corrected chi connectivity index (χ3v) is 3.43. The van der Waals surface area contributed by atoms with Gasteiger partial charge in [-0.05, 0) is 31.8 Å². The highest BCUT2D eigenvalue weighted by atomic mass is 35.5. The molecular weight excluding hydrogens is 275 g/mol. The second kappa shape index (κ2) is 6.16. The van der Waals surface area contributed by atoms with E-state index in [1.54, 1.807) is 0 Å². The van der Waals surface area contributed by atoms with Crippen LogP contribution in [0.4, 0.5) is 10.1 Å². The van der Waals surface area contributed by atoms with Crippen molar-refractivity contribution in [1.29, 1.82) is 0 Å². The molecule has 1 aromatic carbocycles. The van der Waals surface area contributed by atoms with E-state index in [1.807, 2.05) is 0 Å². The molecule has 1 unspecified atom stereocenters. The van der Waals surface area contributed by atoms with E-state index in [2.05, 4.69) is 5.32 Å². The molecule has 0 aliphatic carbocycles. The first-order chi connectivity index (χ1) is 9.08. The molecule has 1 N–H and O–H groups in total. The second-order valence-electron chi connectivity index (χ2n) is 4.49. The van der Waals surface area contributed by atoms with Gasteiger partial charge in [0.1, 0.15) is 5.82 Å². The van der Waals surface area contributed by atoms with Crippen LogP contribution >= 0.6 is 11.6 Å². The van der Waals surface area contributed by atoms with Gasteiger partial charge in [0.2, 0.25) is 0 Å². The fourth-order valence-electron chi connectivity index (χ4n) is 2.07. The van der Waals surface area contributed by atoms with Crippen LogP contribution in [0.3, 0.4) is 0 Å². The normalized spacial score (nSPS) is 18.5. The monoisotopic (exact) mass is 288 g/mol. The summed E-state index contributed by atoms with van der Waals surface area (Å²) in [6, 6.07) is 1.94. The van der Waals surface area contributed by atoms with Crippen LogP contribution in [-0.2, 0) is 0 Å². The predicted molar refractivity (Wildman–Crippen MR) is 69.2 cm³/mol. The summed E-state index contributed by atoms with van der Waals surface area (Å²) in [7, 11) is 0. The van der Waals surface area contributed by atoms with Crippen molar-refractivity contribution in [3.8, 4) is 5.75 Å². The molecule has 5 nitrogen and oxygen atoms in total. The first kappa shape index (κ1) is 14.0. The van der Waals surface area contributed by atoms with Crippen LogP contribution in [0.2, 0.25) is 5.02 Å². The average molecular weight is 289 g/mol. The van der Waals surface area contributed by atoms with Gasteiger partial charge in [0.15, 0.2) is 5.75 Å². The van der Waals surface area contributed by atoms with E-state index < -0.39 is 16.4 Å². The number of nitrogens with one attached hydrogen (secondary N) is 1. The second-order valence-corrected chi connectivity index (χ2v) is 4.89. The molecule has 1 aromatic rings. The molecular formula is C12H14ClFN2O3. The van der Waals surface area contributed by atoms with Gasteiger partial charge in [0.05, 0.1) is 22.6 Å². The van der Waals surface area contributed by atoms with Crippen molar-refractivity contribution in [2.75, 3.05) is 19.7 Å². The summed E-state index contributed by atoms with van der Waals surface area (Å²) >= 11 is 5.61. The molecule has 1 heterocycles. The van der Waals surface area contributed by atoms with Crippen LogP contribution in [0.1, 0.15) is 12.8 Å². The van der Waals surface area contributed by atoms with Crippen LogP contribution < -0.4 is 10.1 Å². The number of ether oxygens (including phenoxy) is 1. The van der Waals surface area contributed by atoms with E-state index in [9.17, 15) is 14.5 Å². The molecule has 7 heteroatoms. The SMILES string of the molecule is O=[N+]([O-])c1cc(F)c(Cl)cc1OCCC1CCNC1. The van der Waals surface area contributed by atoms with E-state index in [0.29, 0.717) is 12.5 Å². The van der Waals surface area contributed by atoms with Crippen molar-refractivity contribution >= 4 is 17.3 Å². The Morgan fingerprint density at radius 2 is 2.37 bits per heavy atom. The molecule has 19 heavy (non-hydrogen) atoms. The highest BCUT2D eigenvalue weighted by Gasteiger charge is 2.20. The molecule has 0 aromatic heterocycles. The molecule has 0 amide bonds. The Morgan fingerprint density at radius 1 is 1.58 bits per heavy atom. The number of hydrogen-bond acceptors (Lipinski definition) is 4. The molecule has 2 rings (SSSR count). The number of nitrogens with zero attached hydrogens (tertiary/aromatic N) is 1. The Balaban J connectivity index is 2.01. The van der Waals surface area contributed by atoms with Crippen LogP contribution in [0, 0.1) is 21.8 Å². The van der Waals surface area contributed by atoms with Crippen molar-refractivity contribution < 1.29 is 14.1 Å². The van der Waals surface area contributed by atoms with Crippen molar-refractivity contribution in [1.82, 2.24) is 5.32 Å². The first-order valence-electron chi connectivity index (χ1n) is 6.05. The van der Waals surface area contributed by atoms with Crippen LogP contribution in [-0.4, -0.2) is 24.6 Å². The Bertz CT molecular complexity index is 478. The van der Waals surface area contributed by atoms with Crippen molar-refractivity contribution in [2.45, 2.75) is 12.8 Å². The van der Waals surface area contributed by atoms with E-state index in [4.69, 9.17) is 16.3 Å². The van der Waals surface area contributed by atoms with E-state index in [0.717, 1.165) is 38.1 Å². The van der Waals surface area contributed by atoms with Crippen molar-refractivity contribution in [3.05, 3.63) is 33.1 Å². The molecule has 1 fully saturated rings. The number of halogens is 2. The standard InChI is InChI=1S/C12H14ClFN2O3/c13-9-5-12(11(16(17)18)6-10(9)14)19-4-2-8-1-3-15-7-8/h5-6,8,15H,1-4,7H2. The lowest BCUT2D eigenvalue weighted by molar-refractivity contribution is -0.386. The molecule has 0 radical (unpaired) electrons. The molecule has 0 spiro atoms. The van der Waals surface area contributed by atoms with Crippen LogP contribution in [0.15, 0.2) is 12.1 Å². The van der Waals surface area contributed by atoms with Gasteiger partial charge >= 0.3 is 5.69 Å². The highest BCUT2D eigenvalue weighted by Crippen LogP contribution is 2.32. The van der Waals surface area contributed by atoms with Crippen molar-refractivity contribution in [3.63, 3.8) is 0 Å². The molecule has 0 bridgehead atoms. The zero-order valence-electron chi connectivity index (χ0n) is 10.2. The molecule has 104 valence electrons. The van der Waals surface area contributed by atoms with E-state index in [-0.39, 0.29) is 10.8 Å². The number of nitro groups is 1.